The van der Waals surface area contributed by atoms with Crippen molar-refractivity contribution >= 4 is 16.9 Å². The normalized spacial score (nSPS) is 11.0. The van der Waals surface area contributed by atoms with Crippen LogP contribution in [-0.4, -0.2) is 5.97 Å². The van der Waals surface area contributed by atoms with Crippen molar-refractivity contribution in [3.8, 4) is 5.75 Å². The van der Waals surface area contributed by atoms with Gasteiger partial charge in [0.15, 0.2) is 0 Å². The Morgan fingerprint density at radius 3 is 1.67 bits per heavy atom. The van der Waals surface area contributed by atoms with Gasteiger partial charge in [-0.3, -0.25) is 4.79 Å². The molecule has 0 radical (unpaired) electrons. The summed E-state index contributed by atoms with van der Waals surface area (Å²) in [5.41, 5.74) is 0. The second-order valence-electron chi connectivity index (χ2n) is 5.33. The first-order chi connectivity index (χ1) is 11.8. The molecule has 0 N–H and O–H groups in total. The maximum atomic E-state index is 11.4. The molecule has 0 saturated carbocycles. The average molecular weight is 336 g/mol. The molecular formula is C21H20O2S. The first kappa shape index (κ1) is 16.3. The van der Waals surface area contributed by atoms with Gasteiger partial charge < -0.3 is 4.74 Å². The van der Waals surface area contributed by atoms with E-state index in [0.717, 1.165) is 0 Å². The van der Waals surface area contributed by atoms with Gasteiger partial charge in [-0.05, 0) is 63.2 Å². The first-order valence-corrected chi connectivity index (χ1v) is 9.33. The van der Waals surface area contributed by atoms with Crippen molar-refractivity contribution in [2.45, 2.75) is 28.0 Å². The topological polar surface area (TPSA) is 26.3 Å². The van der Waals surface area contributed by atoms with E-state index in [0.29, 0.717) is 12.2 Å². The Kier molecular flexibility index (Phi) is 5.34. The Labute approximate surface area is 145 Å². The molecule has 0 spiro atoms. The third-order valence-electron chi connectivity index (χ3n) is 3.64. The number of hydrogen-bond donors (Lipinski definition) is 1. The molecular weight excluding hydrogens is 316 g/mol. The number of thiol groups is 1. The lowest BCUT2D eigenvalue weighted by molar-refractivity contribution is -0.134. The molecule has 3 rings (SSSR count). The van der Waals surface area contributed by atoms with E-state index in [9.17, 15) is 4.79 Å². The minimum atomic E-state index is -0.623. The fourth-order valence-electron chi connectivity index (χ4n) is 2.47. The van der Waals surface area contributed by atoms with Gasteiger partial charge in [0, 0.05) is 6.42 Å². The fraction of sp³-hybridized carbons (Fsp3) is 0.0952. The lowest BCUT2D eigenvalue weighted by Crippen LogP contribution is -2.05. The highest BCUT2D eigenvalue weighted by atomic mass is 32.2. The SMILES string of the molecule is CCC(=O)Oc1ccc([SH](c2ccccc2)c2ccccc2)cc1. The fourth-order valence-corrected chi connectivity index (χ4v) is 4.75. The molecule has 0 unspecified atom stereocenters. The van der Waals surface area contributed by atoms with Crippen molar-refractivity contribution in [2.75, 3.05) is 0 Å². The van der Waals surface area contributed by atoms with E-state index in [1.54, 1.807) is 6.92 Å². The summed E-state index contributed by atoms with van der Waals surface area (Å²) in [5, 5.41) is 0. The van der Waals surface area contributed by atoms with E-state index in [4.69, 9.17) is 4.74 Å². The zero-order chi connectivity index (χ0) is 16.8. The molecule has 2 nitrogen and oxygen atoms in total. The second-order valence-corrected chi connectivity index (χ2v) is 7.55. The quantitative estimate of drug-likeness (QED) is 0.379. The molecule has 3 heteroatoms. The lowest BCUT2D eigenvalue weighted by Gasteiger charge is -2.23. The Morgan fingerprint density at radius 1 is 0.750 bits per heavy atom. The largest absolute Gasteiger partial charge is 0.427 e. The van der Waals surface area contributed by atoms with Gasteiger partial charge in [-0.2, -0.15) is 10.9 Å². The van der Waals surface area contributed by atoms with Crippen LogP contribution in [0.2, 0.25) is 0 Å². The van der Waals surface area contributed by atoms with Crippen LogP contribution in [0.5, 0.6) is 5.75 Å². The Bertz CT molecular complexity index is 744. The van der Waals surface area contributed by atoms with Gasteiger partial charge in [0.25, 0.3) is 0 Å². The van der Waals surface area contributed by atoms with E-state index in [1.807, 2.05) is 24.3 Å². The van der Waals surface area contributed by atoms with Crippen LogP contribution < -0.4 is 4.74 Å². The maximum Gasteiger partial charge on any atom is 0.310 e. The molecule has 0 fully saturated rings. The van der Waals surface area contributed by atoms with Gasteiger partial charge in [0.1, 0.15) is 5.75 Å². The smallest absolute Gasteiger partial charge is 0.310 e. The summed E-state index contributed by atoms with van der Waals surface area (Å²) < 4.78 is 5.28. The second kappa shape index (κ2) is 7.84. The molecule has 0 bridgehead atoms. The van der Waals surface area contributed by atoms with Gasteiger partial charge in [0.2, 0.25) is 0 Å². The number of hydrogen-bond acceptors (Lipinski definition) is 2. The molecule has 122 valence electrons. The standard InChI is InChI=1S/C21H20O2S/c1-2-21(22)23-17-13-15-20(16-14-17)24(18-9-5-3-6-10-18)19-11-7-4-8-12-19/h3-16,24H,2H2,1H3. The van der Waals surface area contributed by atoms with Crippen molar-refractivity contribution in [3.05, 3.63) is 84.9 Å². The van der Waals surface area contributed by atoms with Gasteiger partial charge in [-0.25, -0.2) is 0 Å². The molecule has 0 saturated heterocycles. The predicted octanol–water partition coefficient (Wildman–Crippen LogP) is 5.48. The Hall–Kier alpha value is -2.52. The maximum absolute atomic E-state index is 11.4. The van der Waals surface area contributed by atoms with Gasteiger partial charge in [-0.1, -0.05) is 43.3 Å². The Balaban J connectivity index is 1.96. The van der Waals surface area contributed by atoms with Crippen molar-refractivity contribution in [1.29, 1.82) is 0 Å². The summed E-state index contributed by atoms with van der Waals surface area (Å²) in [5.74, 6) is 0.387. The molecule has 0 aliphatic heterocycles. The number of carbonyl (C=O) groups is 1. The van der Waals surface area contributed by atoms with Crippen molar-refractivity contribution in [1.82, 2.24) is 0 Å². The number of rotatable bonds is 5. The van der Waals surface area contributed by atoms with E-state index < -0.39 is 10.9 Å². The van der Waals surface area contributed by atoms with Crippen LogP contribution in [0.4, 0.5) is 0 Å². The third kappa shape index (κ3) is 3.87. The summed E-state index contributed by atoms with van der Waals surface area (Å²) in [6.45, 7) is 1.79. The minimum Gasteiger partial charge on any atom is -0.427 e. The van der Waals surface area contributed by atoms with Crippen molar-refractivity contribution in [2.24, 2.45) is 0 Å². The van der Waals surface area contributed by atoms with Gasteiger partial charge in [-0.15, -0.1) is 0 Å². The van der Waals surface area contributed by atoms with E-state index >= 15 is 0 Å². The molecule has 0 atom stereocenters. The van der Waals surface area contributed by atoms with E-state index in [2.05, 4.69) is 60.7 Å². The van der Waals surface area contributed by atoms with Crippen LogP contribution in [0.15, 0.2) is 99.6 Å². The molecule has 0 amide bonds. The molecule has 0 aliphatic carbocycles. The highest BCUT2D eigenvalue weighted by Crippen LogP contribution is 2.51. The lowest BCUT2D eigenvalue weighted by atomic mass is 10.3. The van der Waals surface area contributed by atoms with Crippen LogP contribution in [0, 0.1) is 0 Å². The van der Waals surface area contributed by atoms with Crippen LogP contribution in [-0.2, 0) is 4.79 Å². The van der Waals surface area contributed by atoms with Crippen LogP contribution in [0.1, 0.15) is 13.3 Å². The molecule has 24 heavy (non-hydrogen) atoms. The number of ether oxygens (including phenoxy) is 1. The average Bonchev–Trinajstić information content (AvgIpc) is 2.65. The molecule has 3 aromatic rings. The third-order valence-corrected chi connectivity index (χ3v) is 6.09. The van der Waals surface area contributed by atoms with E-state index in [-0.39, 0.29) is 5.97 Å². The number of carbonyl (C=O) groups excluding carboxylic acids is 1. The molecule has 3 aromatic carbocycles. The molecule has 0 aromatic heterocycles. The zero-order valence-corrected chi connectivity index (χ0v) is 14.4. The highest BCUT2D eigenvalue weighted by Gasteiger charge is 2.12. The number of benzene rings is 3. The monoisotopic (exact) mass is 336 g/mol. The Morgan fingerprint density at radius 2 is 1.21 bits per heavy atom. The summed E-state index contributed by atoms with van der Waals surface area (Å²) in [4.78, 5) is 15.3. The van der Waals surface area contributed by atoms with Gasteiger partial charge in [0.05, 0.1) is 0 Å². The van der Waals surface area contributed by atoms with Crippen LogP contribution in [0.3, 0.4) is 0 Å². The summed E-state index contributed by atoms with van der Waals surface area (Å²) in [6.07, 6.45) is 0.377. The first-order valence-electron chi connectivity index (χ1n) is 7.99. The minimum absolute atomic E-state index is 0.212. The van der Waals surface area contributed by atoms with E-state index in [1.165, 1.54) is 14.7 Å². The van der Waals surface area contributed by atoms with Crippen molar-refractivity contribution in [3.63, 3.8) is 0 Å². The highest BCUT2D eigenvalue weighted by molar-refractivity contribution is 8.17. The number of esters is 1. The van der Waals surface area contributed by atoms with Gasteiger partial charge >= 0.3 is 5.97 Å². The molecule has 0 aliphatic rings. The van der Waals surface area contributed by atoms with Crippen molar-refractivity contribution < 1.29 is 9.53 Å². The zero-order valence-electron chi connectivity index (χ0n) is 13.6. The van der Waals surface area contributed by atoms with Crippen LogP contribution in [0.25, 0.3) is 0 Å². The van der Waals surface area contributed by atoms with Crippen LogP contribution >= 0.6 is 10.9 Å². The summed E-state index contributed by atoms with van der Waals surface area (Å²) in [7, 11) is -0.623. The summed E-state index contributed by atoms with van der Waals surface area (Å²) in [6, 6.07) is 28.9. The molecule has 0 heterocycles. The summed E-state index contributed by atoms with van der Waals surface area (Å²) >= 11 is 0. The predicted molar refractivity (Wildman–Crippen MR) is 99.0 cm³/mol.